The van der Waals surface area contributed by atoms with Gasteiger partial charge in [-0.3, -0.25) is 9.48 Å². The number of carbonyl (C=O) groups is 1. The third kappa shape index (κ3) is 4.68. The Hall–Kier alpha value is -2.80. The largest absolute Gasteiger partial charge is 0.471 e. The van der Waals surface area contributed by atoms with Crippen LogP contribution in [0.3, 0.4) is 0 Å². The summed E-state index contributed by atoms with van der Waals surface area (Å²) in [6, 6.07) is 7.08. The van der Waals surface area contributed by atoms with E-state index in [0.29, 0.717) is 17.3 Å². The minimum absolute atomic E-state index is 0.206. The van der Waals surface area contributed by atoms with Crippen molar-refractivity contribution in [3.05, 3.63) is 64.2 Å². The molecule has 0 aliphatic carbocycles. The first-order valence-corrected chi connectivity index (χ1v) is 9.07. The number of hydrogen-bond donors (Lipinski definition) is 1. The van der Waals surface area contributed by atoms with E-state index in [-0.39, 0.29) is 12.6 Å². The molecule has 1 N–H and O–H groups in total. The number of rotatable bonds is 7. The molecule has 0 bridgehead atoms. The van der Waals surface area contributed by atoms with Crippen LogP contribution in [0.15, 0.2) is 36.7 Å². The summed E-state index contributed by atoms with van der Waals surface area (Å²) in [5.41, 5.74) is 3.18. The lowest BCUT2D eigenvalue weighted by Gasteiger charge is -2.09. The second kappa shape index (κ2) is 8.26. The van der Waals surface area contributed by atoms with Crippen molar-refractivity contribution in [1.29, 1.82) is 0 Å². The van der Waals surface area contributed by atoms with E-state index in [1.807, 2.05) is 43.8 Å². The highest BCUT2D eigenvalue weighted by molar-refractivity contribution is 6.30. The van der Waals surface area contributed by atoms with E-state index >= 15 is 0 Å². The van der Waals surface area contributed by atoms with Crippen molar-refractivity contribution in [2.45, 2.75) is 40.6 Å². The van der Waals surface area contributed by atoms with Gasteiger partial charge in [-0.15, -0.1) is 0 Å². The van der Waals surface area contributed by atoms with Crippen LogP contribution in [-0.4, -0.2) is 25.5 Å². The third-order valence-electron chi connectivity index (χ3n) is 4.17. The molecule has 0 aliphatic heterocycles. The highest BCUT2D eigenvalue weighted by Gasteiger charge is 2.11. The Morgan fingerprint density at radius 3 is 2.74 bits per heavy atom. The molecule has 0 saturated heterocycles. The number of halogens is 1. The lowest BCUT2D eigenvalue weighted by molar-refractivity contribution is 0.0944. The van der Waals surface area contributed by atoms with Gasteiger partial charge in [-0.2, -0.15) is 10.2 Å². The maximum absolute atomic E-state index is 12.3. The summed E-state index contributed by atoms with van der Waals surface area (Å²) >= 11 is 5.94. The fraction of sp³-hybridized carbons (Fsp3) is 0.316. The summed E-state index contributed by atoms with van der Waals surface area (Å²) < 4.78 is 9.15. The maximum Gasteiger partial charge on any atom is 0.272 e. The van der Waals surface area contributed by atoms with Crippen molar-refractivity contribution in [3.8, 4) is 5.75 Å². The van der Waals surface area contributed by atoms with Crippen LogP contribution in [0.1, 0.15) is 34.2 Å². The molecule has 0 fully saturated rings. The Bertz CT molecular complexity index is 947. The van der Waals surface area contributed by atoms with Gasteiger partial charge in [0, 0.05) is 36.1 Å². The average molecular weight is 388 g/mol. The van der Waals surface area contributed by atoms with E-state index in [1.54, 1.807) is 23.0 Å². The quantitative estimate of drug-likeness (QED) is 0.674. The predicted molar refractivity (Wildman–Crippen MR) is 103 cm³/mol. The van der Waals surface area contributed by atoms with Crippen molar-refractivity contribution in [3.63, 3.8) is 0 Å². The Balaban J connectivity index is 1.56. The number of hydrogen-bond acceptors (Lipinski definition) is 4. The van der Waals surface area contributed by atoms with Gasteiger partial charge in [0.1, 0.15) is 11.4 Å². The Morgan fingerprint density at radius 2 is 2.04 bits per heavy atom. The molecule has 0 atom stereocenters. The molecule has 0 saturated carbocycles. The second-order valence-corrected chi connectivity index (χ2v) is 6.64. The Kier molecular flexibility index (Phi) is 5.81. The Morgan fingerprint density at radius 1 is 1.22 bits per heavy atom. The monoisotopic (exact) mass is 387 g/mol. The minimum Gasteiger partial charge on any atom is -0.471 e. The highest BCUT2D eigenvalue weighted by Crippen LogP contribution is 2.22. The molecule has 0 aliphatic rings. The van der Waals surface area contributed by atoms with Crippen molar-refractivity contribution >= 4 is 17.5 Å². The normalized spacial score (nSPS) is 10.8. The zero-order chi connectivity index (χ0) is 19.4. The van der Waals surface area contributed by atoms with Crippen LogP contribution in [0.25, 0.3) is 0 Å². The van der Waals surface area contributed by atoms with Gasteiger partial charge in [0.2, 0.25) is 0 Å². The van der Waals surface area contributed by atoms with Crippen LogP contribution in [0, 0.1) is 13.8 Å². The van der Waals surface area contributed by atoms with E-state index in [4.69, 9.17) is 16.3 Å². The van der Waals surface area contributed by atoms with E-state index in [2.05, 4.69) is 15.5 Å². The van der Waals surface area contributed by atoms with Crippen molar-refractivity contribution in [1.82, 2.24) is 24.9 Å². The molecule has 2 heterocycles. The predicted octanol–water partition coefficient (Wildman–Crippen LogP) is 3.34. The van der Waals surface area contributed by atoms with Crippen LogP contribution in [0.4, 0.5) is 0 Å². The molecule has 0 spiro atoms. The zero-order valence-electron chi connectivity index (χ0n) is 15.6. The summed E-state index contributed by atoms with van der Waals surface area (Å²) in [7, 11) is 0. The molecule has 3 aromatic rings. The highest BCUT2D eigenvalue weighted by atomic mass is 35.5. The molecule has 1 aromatic carbocycles. The lowest BCUT2D eigenvalue weighted by atomic mass is 10.2. The second-order valence-electron chi connectivity index (χ2n) is 6.20. The van der Waals surface area contributed by atoms with E-state index in [1.165, 1.54) is 0 Å². The SMILES string of the molecule is CCn1cc(CNC(=O)c2ccn(COc3ccc(Cl)cc3C)n2)c(C)n1. The number of amides is 1. The van der Waals surface area contributed by atoms with Gasteiger partial charge in [-0.1, -0.05) is 11.6 Å². The molecule has 7 nitrogen and oxygen atoms in total. The molecule has 1 amide bonds. The number of nitrogens with one attached hydrogen (secondary N) is 1. The average Bonchev–Trinajstić information content (AvgIpc) is 3.25. The third-order valence-corrected chi connectivity index (χ3v) is 4.41. The molecule has 0 unspecified atom stereocenters. The summed E-state index contributed by atoms with van der Waals surface area (Å²) in [5.74, 6) is 0.490. The molecule has 3 rings (SSSR count). The number of ether oxygens (including phenoxy) is 1. The van der Waals surface area contributed by atoms with E-state index < -0.39 is 0 Å². The van der Waals surface area contributed by atoms with Gasteiger partial charge in [-0.05, 0) is 50.6 Å². The van der Waals surface area contributed by atoms with Gasteiger partial charge in [0.15, 0.2) is 6.73 Å². The molecular formula is C19H22ClN5O2. The van der Waals surface area contributed by atoms with Gasteiger partial charge < -0.3 is 10.1 Å². The fourth-order valence-corrected chi connectivity index (χ4v) is 2.85. The summed E-state index contributed by atoms with van der Waals surface area (Å²) in [6.45, 7) is 7.29. The van der Waals surface area contributed by atoms with Crippen LogP contribution in [0.2, 0.25) is 5.02 Å². The van der Waals surface area contributed by atoms with Crippen molar-refractivity contribution in [2.75, 3.05) is 0 Å². The van der Waals surface area contributed by atoms with Crippen LogP contribution in [0.5, 0.6) is 5.75 Å². The van der Waals surface area contributed by atoms with Gasteiger partial charge in [-0.25, -0.2) is 4.68 Å². The molecule has 0 radical (unpaired) electrons. The summed E-state index contributed by atoms with van der Waals surface area (Å²) in [4.78, 5) is 12.3. The molecular weight excluding hydrogens is 366 g/mol. The zero-order valence-corrected chi connectivity index (χ0v) is 16.3. The number of aryl methyl sites for hydroxylation is 3. The fourth-order valence-electron chi connectivity index (χ4n) is 2.63. The molecule has 142 valence electrons. The first-order valence-electron chi connectivity index (χ1n) is 8.69. The number of nitrogens with zero attached hydrogens (tertiary/aromatic N) is 4. The number of carbonyl (C=O) groups excluding carboxylic acids is 1. The summed E-state index contributed by atoms with van der Waals surface area (Å²) in [6.07, 6.45) is 3.65. The number of benzene rings is 1. The Labute approximate surface area is 162 Å². The topological polar surface area (TPSA) is 74.0 Å². The smallest absolute Gasteiger partial charge is 0.272 e. The van der Waals surface area contributed by atoms with Gasteiger partial charge in [0.25, 0.3) is 5.91 Å². The van der Waals surface area contributed by atoms with Crippen LogP contribution < -0.4 is 10.1 Å². The number of aromatic nitrogens is 4. The van der Waals surface area contributed by atoms with Crippen molar-refractivity contribution < 1.29 is 9.53 Å². The van der Waals surface area contributed by atoms with Crippen LogP contribution in [-0.2, 0) is 19.8 Å². The van der Waals surface area contributed by atoms with Crippen LogP contribution >= 0.6 is 11.6 Å². The first kappa shape index (κ1) is 19.0. The standard InChI is InChI=1S/C19H22ClN5O2/c1-4-24-11-15(14(3)22-24)10-21-19(26)17-7-8-25(23-17)12-27-18-6-5-16(20)9-13(18)2/h5-9,11H,4,10,12H2,1-3H3,(H,21,26). The van der Waals surface area contributed by atoms with E-state index in [9.17, 15) is 4.79 Å². The minimum atomic E-state index is -0.236. The maximum atomic E-state index is 12.3. The van der Waals surface area contributed by atoms with Crippen molar-refractivity contribution in [2.24, 2.45) is 0 Å². The van der Waals surface area contributed by atoms with Gasteiger partial charge >= 0.3 is 0 Å². The molecule has 2 aromatic heterocycles. The molecule has 8 heteroatoms. The molecule has 27 heavy (non-hydrogen) atoms. The van der Waals surface area contributed by atoms with Gasteiger partial charge in [0.05, 0.1) is 5.69 Å². The summed E-state index contributed by atoms with van der Waals surface area (Å²) in [5, 5.41) is 12.2. The first-order chi connectivity index (χ1) is 13.0. The van der Waals surface area contributed by atoms with E-state index in [0.717, 1.165) is 29.1 Å². The lowest BCUT2D eigenvalue weighted by Crippen LogP contribution is -2.23.